The monoisotopic (exact) mass is 516 g/mol. The number of pyridine rings is 1. The van der Waals surface area contributed by atoms with E-state index in [1.807, 2.05) is 55.7 Å². The number of thioether (sulfide) groups is 1. The number of carbonyl (C=O) groups is 1. The minimum absolute atomic E-state index is 0.00801. The molecule has 182 valence electrons. The summed E-state index contributed by atoms with van der Waals surface area (Å²) < 4.78 is 0. The molecule has 3 atom stereocenters. The Morgan fingerprint density at radius 2 is 1.67 bits per heavy atom. The van der Waals surface area contributed by atoms with Crippen LogP contribution in [-0.2, 0) is 4.79 Å². The zero-order valence-corrected chi connectivity index (χ0v) is 21.2. The van der Waals surface area contributed by atoms with Gasteiger partial charge in [0, 0.05) is 34.4 Å². The van der Waals surface area contributed by atoms with Gasteiger partial charge in [0.1, 0.15) is 11.0 Å². The predicted molar refractivity (Wildman–Crippen MR) is 145 cm³/mol. The van der Waals surface area contributed by atoms with Crippen LogP contribution in [0.5, 0.6) is 5.75 Å². The second kappa shape index (κ2) is 10.3. The number of amides is 1. The highest BCUT2D eigenvalue weighted by molar-refractivity contribution is 8.00. The number of β-lactam (4-membered cyclic amide) rings is 1. The smallest absolute Gasteiger partial charge is 0.243 e. The summed E-state index contributed by atoms with van der Waals surface area (Å²) in [6.45, 7) is 2.01. The van der Waals surface area contributed by atoms with E-state index in [1.165, 1.54) is 11.8 Å². The summed E-state index contributed by atoms with van der Waals surface area (Å²) >= 11 is 7.40. The maximum absolute atomic E-state index is 13.4. The summed E-state index contributed by atoms with van der Waals surface area (Å²) in [7, 11) is 0. The first kappa shape index (κ1) is 24.4. The van der Waals surface area contributed by atoms with Gasteiger partial charge in [0.05, 0.1) is 12.1 Å². The van der Waals surface area contributed by atoms with E-state index in [4.69, 9.17) is 11.6 Å². The summed E-state index contributed by atoms with van der Waals surface area (Å²) in [4.78, 5) is 19.4. The van der Waals surface area contributed by atoms with Crippen LogP contribution in [0.15, 0.2) is 91.3 Å². The van der Waals surface area contributed by atoms with Crippen molar-refractivity contribution in [2.45, 2.75) is 24.3 Å². The first-order valence-electron chi connectivity index (χ1n) is 11.6. The summed E-state index contributed by atoms with van der Waals surface area (Å²) in [5.74, 6) is 0.542. The molecule has 0 unspecified atom stereocenters. The standard InChI is InChI=1S/C29H25ClN2O3S/c1-18-14-22(16-31-15-18)19-4-10-24(11-5-19)32-27(21-6-12-25(33)13-7-21)28(29(32)35)36-17-26(34)20-2-8-23(30)9-3-20/h2-16,26-28,33-34H,17H2,1H3/t26-,27-,28-/m1/s1. The van der Waals surface area contributed by atoms with Crippen molar-refractivity contribution in [3.63, 3.8) is 0 Å². The maximum atomic E-state index is 13.4. The SMILES string of the molecule is Cc1cncc(-c2ccc(N3C(=O)[C@H](SC[C@@H](O)c4ccc(Cl)cc4)[C@H]3c3ccc(O)cc3)cc2)c1. The average molecular weight is 517 g/mol. The molecule has 1 fully saturated rings. The third-order valence-electron chi connectivity index (χ3n) is 6.32. The fourth-order valence-electron chi connectivity index (χ4n) is 4.41. The average Bonchev–Trinajstić information content (AvgIpc) is 2.88. The van der Waals surface area contributed by atoms with Crippen molar-refractivity contribution in [1.29, 1.82) is 0 Å². The van der Waals surface area contributed by atoms with E-state index in [0.29, 0.717) is 10.8 Å². The largest absolute Gasteiger partial charge is 0.508 e. The molecule has 2 heterocycles. The number of phenols is 1. The van der Waals surface area contributed by atoms with Gasteiger partial charge in [-0.05, 0) is 71.6 Å². The van der Waals surface area contributed by atoms with Crippen LogP contribution in [0.2, 0.25) is 5.02 Å². The first-order valence-corrected chi connectivity index (χ1v) is 13.0. The Morgan fingerprint density at radius 1 is 0.972 bits per heavy atom. The van der Waals surface area contributed by atoms with E-state index >= 15 is 0 Å². The number of phenolic OH excluding ortho intramolecular Hbond substituents is 1. The zero-order chi connectivity index (χ0) is 25.2. The molecule has 0 radical (unpaired) electrons. The van der Waals surface area contributed by atoms with Crippen molar-refractivity contribution in [3.8, 4) is 16.9 Å². The highest BCUT2D eigenvalue weighted by atomic mass is 35.5. The molecule has 0 spiro atoms. The summed E-state index contributed by atoms with van der Waals surface area (Å²) in [6.07, 6.45) is 2.94. The molecule has 7 heteroatoms. The quantitative estimate of drug-likeness (QED) is 0.280. The van der Waals surface area contributed by atoms with Gasteiger partial charge < -0.3 is 15.1 Å². The van der Waals surface area contributed by atoms with Crippen LogP contribution in [0.3, 0.4) is 0 Å². The van der Waals surface area contributed by atoms with E-state index in [9.17, 15) is 15.0 Å². The molecule has 1 aliphatic rings. The fraction of sp³-hybridized carbons (Fsp3) is 0.172. The number of aromatic nitrogens is 1. The summed E-state index contributed by atoms with van der Waals surface area (Å²) in [5, 5.41) is 20.7. The summed E-state index contributed by atoms with van der Waals surface area (Å²) in [5.41, 5.74) is 5.63. The van der Waals surface area contributed by atoms with Crippen LogP contribution >= 0.6 is 23.4 Å². The fourth-order valence-corrected chi connectivity index (χ4v) is 5.84. The number of carbonyl (C=O) groups excluding carboxylic acids is 1. The molecule has 0 bridgehead atoms. The number of aliphatic hydroxyl groups excluding tert-OH is 1. The number of hydrogen-bond donors (Lipinski definition) is 2. The van der Waals surface area contributed by atoms with Gasteiger partial charge in [-0.15, -0.1) is 11.8 Å². The van der Waals surface area contributed by atoms with Crippen LogP contribution in [-0.4, -0.2) is 32.1 Å². The Morgan fingerprint density at radius 3 is 2.33 bits per heavy atom. The molecule has 1 aromatic heterocycles. The number of aryl methyl sites for hydroxylation is 1. The number of halogens is 1. The molecule has 1 aliphatic heterocycles. The third-order valence-corrected chi connectivity index (χ3v) is 7.90. The first-order chi connectivity index (χ1) is 17.4. The lowest BCUT2D eigenvalue weighted by molar-refractivity contribution is -0.123. The molecule has 4 aromatic rings. The Bertz CT molecular complexity index is 1360. The van der Waals surface area contributed by atoms with Crippen LogP contribution in [0, 0.1) is 6.92 Å². The molecular weight excluding hydrogens is 492 g/mol. The van der Waals surface area contributed by atoms with Crippen LogP contribution in [0.1, 0.15) is 28.8 Å². The molecule has 3 aromatic carbocycles. The Labute approximate surface area is 219 Å². The predicted octanol–water partition coefficient (Wildman–Crippen LogP) is 6.34. The topological polar surface area (TPSA) is 73.7 Å². The van der Waals surface area contributed by atoms with E-state index in [0.717, 1.165) is 33.5 Å². The van der Waals surface area contributed by atoms with E-state index < -0.39 is 6.10 Å². The lowest BCUT2D eigenvalue weighted by Gasteiger charge is -2.47. The van der Waals surface area contributed by atoms with Gasteiger partial charge in [-0.3, -0.25) is 9.78 Å². The highest BCUT2D eigenvalue weighted by Crippen LogP contribution is 2.46. The van der Waals surface area contributed by atoms with Gasteiger partial charge >= 0.3 is 0 Å². The van der Waals surface area contributed by atoms with Crippen molar-refractivity contribution in [2.24, 2.45) is 0 Å². The van der Waals surface area contributed by atoms with Gasteiger partial charge in [-0.1, -0.05) is 48.0 Å². The Hall–Kier alpha value is -3.32. The number of aromatic hydroxyl groups is 1. The van der Waals surface area contributed by atoms with E-state index in [2.05, 4.69) is 11.1 Å². The van der Waals surface area contributed by atoms with Gasteiger partial charge in [0.15, 0.2) is 0 Å². The minimum Gasteiger partial charge on any atom is -0.508 e. The van der Waals surface area contributed by atoms with Gasteiger partial charge in [0.25, 0.3) is 0 Å². The molecule has 5 nitrogen and oxygen atoms in total. The number of benzene rings is 3. The van der Waals surface area contributed by atoms with Crippen molar-refractivity contribution in [1.82, 2.24) is 4.98 Å². The lowest BCUT2D eigenvalue weighted by atomic mass is 9.92. The van der Waals surface area contributed by atoms with Crippen LogP contribution < -0.4 is 4.90 Å². The molecule has 0 aliphatic carbocycles. The van der Waals surface area contributed by atoms with Crippen LogP contribution in [0.25, 0.3) is 11.1 Å². The Balaban J connectivity index is 1.37. The molecule has 1 saturated heterocycles. The Kier molecular flexibility index (Phi) is 7.01. The van der Waals surface area contributed by atoms with Crippen molar-refractivity contribution in [2.75, 3.05) is 10.7 Å². The molecule has 0 saturated carbocycles. The second-order valence-corrected chi connectivity index (χ2v) is 10.5. The van der Waals surface area contributed by atoms with E-state index in [1.54, 1.807) is 41.3 Å². The molecule has 1 amide bonds. The lowest BCUT2D eigenvalue weighted by Crippen LogP contribution is -2.57. The number of nitrogens with zero attached hydrogens (tertiary/aromatic N) is 2. The summed E-state index contributed by atoms with van der Waals surface area (Å²) in [6, 6.07) is 23.8. The normalized spacial score (nSPS) is 18.1. The molecule has 36 heavy (non-hydrogen) atoms. The van der Waals surface area contributed by atoms with E-state index in [-0.39, 0.29) is 22.9 Å². The molecule has 5 rings (SSSR count). The van der Waals surface area contributed by atoms with Gasteiger partial charge in [0.2, 0.25) is 5.91 Å². The second-order valence-electron chi connectivity index (χ2n) is 8.86. The van der Waals surface area contributed by atoms with Crippen molar-refractivity contribution < 1.29 is 15.0 Å². The van der Waals surface area contributed by atoms with Crippen LogP contribution in [0.4, 0.5) is 5.69 Å². The third kappa shape index (κ3) is 4.98. The highest BCUT2D eigenvalue weighted by Gasteiger charge is 2.49. The minimum atomic E-state index is -0.711. The number of aliphatic hydroxyl groups is 1. The van der Waals surface area contributed by atoms with Gasteiger partial charge in [-0.25, -0.2) is 0 Å². The molecular formula is C29H25ClN2O3S. The number of rotatable bonds is 7. The zero-order valence-electron chi connectivity index (χ0n) is 19.6. The number of anilines is 1. The maximum Gasteiger partial charge on any atom is 0.243 e. The van der Waals surface area contributed by atoms with Crippen molar-refractivity contribution >= 4 is 35.0 Å². The molecule has 2 N–H and O–H groups in total. The van der Waals surface area contributed by atoms with Gasteiger partial charge in [-0.2, -0.15) is 0 Å². The number of hydrogen-bond acceptors (Lipinski definition) is 5. The van der Waals surface area contributed by atoms with Crippen molar-refractivity contribution in [3.05, 3.63) is 113 Å².